The lowest BCUT2D eigenvalue weighted by Crippen LogP contribution is -2.19. The summed E-state index contributed by atoms with van der Waals surface area (Å²) in [4.78, 5) is 6.39. The highest BCUT2D eigenvalue weighted by atomic mass is 35.5. The van der Waals surface area contributed by atoms with Crippen molar-refractivity contribution < 1.29 is 13.8 Å². The summed E-state index contributed by atoms with van der Waals surface area (Å²) in [6, 6.07) is 7.60. The van der Waals surface area contributed by atoms with E-state index in [0.717, 1.165) is 48.0 Å². The van der Waals surface area contributed by atoms with Crippen LogP contribution < -0.4 is 10.2 Å². The third-order valence-corrected chi connectivity index (χ3v) is 7.71. The van der Waals surface area contributed by atoms with Crippen molar-refractivity contribution in [3.05, 3.63) is 47.1 Å². The van der Waals surface area contributed by atoms with E-state index in [1.807, 2.05) is 24.3 Å². The number of allylic oxidation sites excluding steroid dienone is 2. The number of hydrogen-bond acceptors (Lipinski definition) is 4. The van der Waals surface area contributed by atoms with Crippen LogP contribution in [-0.4, -0.2) is 23.7 Å². The van der Waals surface area contributed by atoms with Crippen molar-refractivity contribution in [2.24, 2.45) is 5.92 Å². The molecule has 0 amide bonds. The molecule has 1 aliphatic rings. The zero-order valence-corrected chi connectivity index (χ0v) is 21.3. The van der Waals surface area contributed by atoms with Crippen LogP contribution in [0.15, 0.2) is 52.0 Å². The highest BCUT2D eigenvalue weighted by molar-refractivity contribution is 7.85. The van der Waals surface area contributed by atoms with Crippen molar-refractivity contribution in [3.8, 4) is 5.75 Å². The number of hydrogen-bond donors (Lipinski definition) is 1. The quantitative estimate of drug-likeness (QED) is 0.211. The Balaban J connectivity index is 1.61. The first kappa shape index (κ1) is 26.9. The zero-order valence-electron chi connectivity index (χ0n) is 19.7. The molecule has 0 heterocycles. The molecule has 1 fully saturated rings. The fourth-order valence-electron chi connectivity index (χ4n) is 4.26. The van der Waals surface area contributed by atoms with Crippen LogP contribution >= 0.6 is 11.6 Å². The molecular weight excluding hydrogens is 442 g/mol. The average Bonchev–Trinajstić information content (AvgIpc) is 2.83. The van der Waals surface area contributed by atoms with Gasteiger partial charge in [-0.05, 0) is 74.3 Å². The molecule has 1 aliphatic carbocycles. The molecule has 32 heavy (non-hydrogen) atoms. The van der Waals surface area contributed by atoms with Gasteiger partial charge < -0.3 is 4.74 Å². The van der Waals surface area contributed by atoms with Crippen LogP contribution in [0.5, 0.6) is 5.75 Å². The standard InChI is InChI=1S/C26H40ClNO3S/c1-3-10-26(28-31-19-9-18-27)23-16-14-22(15-17-23)11-6-4-5-7-20-32(29)25-13-8-12-24(21-25)30-2/h8-9,12-13,18,21-22,28H,3-7,10-11,14-17,19-20H2,1-2H3. The number of halogens is 1. The smallest absolute Gasteiger partial charge is 0.120 e. The second-order valence-electron chi connectivity index (χ2n) is 8.48. The minimum absolute atomic E-state index is 0.486. The van der Waals surface area contributed by atoms with Crippen LogP contribution in [0.1, 0.15) is 77.6 Å². The van der Waals surface area contributed by atoms with E-state index in [-0.39, 0.29) is 0 Å². The molecule has 0 saturated heterocycles. The van der Waals surface area contributed by atoms with Gasteiger partial charge >= 0.3 is 0 Å². The minimum atomic E-state index is -0.931. The monoisotopic (exact) mass is 481 g/mol. The Labute approximate surface area is 202 Å². The third kappa shape index (κ3) is 10.1. The van der Waals surface area contributed by atoms with E-state index in [2.05, 4.69) is 12.4 Å². The molecule has 1 atom stereocenters. The number of ether oxygens (including phenoxy) is 1. The van der Waals surface area contributed by atoms with Crippen molar-refractivity contribution in [2.75, 3.05) is 19.5 Å². The summed E-state index contributed by atoms with van der Waals surface area (Å²) < 4.78 is 17.7. The highest BCUT2D eigenvalue weighted by Crippen LogP contribution is 2.33. The lowest BCUT2D eigenvalue weighted by Gasteiger charge is -2.26. The van der Waals surface area contributed by atoms with Crippen molar-refractivity contribution in [1.82, 2.24) is 5.48 Å². The fourth-order valence-corrected chi connectivity index (χ4v) is 5.51. The molecule has 1 aromatic carbocycles. The van der Waals surface area contributed by atoms with Crippen LogP contribution in [0.25, 0.3) is 0 Å². The fraction of sp³-hybridized carbons (Fsp3) is 0.615. The van der Waals surface area contributed by atoms with Crippen molar-refractivity contribution in [3.63, 3.8) is 0 Å². The van der Waals surface area contributed by atoms with Gasteiger partial charge in [0, 0.05) is 21.9 Å². The summed E-state index contributed by atoms with van der Waals surface area (Å²) in [6.45, 7) is 2.69. The molecule has 4 nitrogen and oxygen atoms in total. The molecule has 1 aromatic rings. The Morgan fingerprint density at radius 3 is 2.72 bits per heavy atom. The molecule has 1 unspecified atom stereocenters. The van der Waals surface area contributed by atoms with Gasteiger partial charge in [-0.15, -0.1) is 0 Å². The van der Waals surface area contributed by atoms with E-state index in [1.165, 1.54) is 61.8 Å². The van der Waals surface area contributed by atoms with Gasteiger partial charge in [0.05, 0.1) is 24.5 Å². The first-order valence-corrected chi connectivity index (χ1v) is 13.8. The van der Waals surface area contributed by atoms with Crippen LogP contribution in [0.2, 0.25) is 0 Å². The maximum atomic E-state index is 12.5. The Morgan fingerprint density at radius 2 is 2.00 bits per heavy atom. The van der Waals surface area contributed by atoms with E-state index >= 15 is 0 Å². The average molecular weight is 482 g/mol. The van der Waals surface area contributed by atoms with Gasteiger partial charge in [0.2, 0.25) is 0 Å². The van der Waals surface area contributed by atoms with Crippen molar-refractivity contribution in [2.45, 2.75) is 82.4 Å². The molecule has 1 N–H and O–H groups in total. The highest BCUT2D eigenvalue weighted by Gasteiger charge is 2.19. The molecule has 1 saturated carbocycles. The molecule has 180 valence electrons. The molecule has 0 radical (unpaired) electrons. The molecular formula is C26H40ClNO3S. The lowest BCUT2D eigenvalue weighted by molar-refractivity contribution is 0.0817. The number of benzene rings is 1. The van der Waals surface area contributed by atoms with Gasteiger partial charge in [-0.25, -0.2) is 0 Å². The molecule has 6 heteroatoms. The van der Waals surface area contributed by atoms with Gasteiger partial charge in [0.15, 0.2) is 0 Å². The second kappa shape index (κ2) is 16.3. The van der Waals surface area contributed by atoms with E-state index in [4.69, 9.17) is 21.2 Å². The summed E-state index contributed by atoms with van der Waals surface area (Å²) in [5.74, 6) is 2.35. The predicted octanol–water partition coefficient (Wildman–Crippen LogP) is 7.27. The summed E-state index contributed by atoms with van der Waals surface area (Å²) >= 11 is 5.54. The molecule has 0 aliphatic heterocycles. The Morgan fingerprint density at radius 1 is 1.22 bits per heavy atom. The van der Waals surface area contributed by atoms with E-state index in [9.17, 15) is 4.21 Å². The first-order chi connectivity index (χ1) is 15.7. The van der Waals surface area contributed by atoms with Crippen LogP contribution in [-0.2, 0) is 15.6 Å². The molecule has 0 spiro atoms. The number of unbranched alkanes of at least 4 members (excludes halogenated alkanes) is 3. The summed E-state index contributed by atoms with van der Waals surface area (Å²) in [6.07, 6.45) is 14.9. The van der Waals surface area contributed by atoms with E-state index in [1.54, 1.807) is 13.2 Å². The Bertz CT molecular complexity index is 740. The Kier molecular flexibility index (Phi) is 13.8. The summed E-state index contributed by atoms with van der Waals surface area (Å²) in [5.41, 5.74) is 7.47. The maximum absolute atomic E-state index is 12.5. The van der Waals surface area contributed by atoms with Crippen molar-refractivity contribution >= 4 is 22.4 Å². The van der Waals surface area contributed by atoms with Gasteiger partial charge in [-0.2, -0.15) is 0 Å². The van der Waals surface area contributed by atoms with Gasteiger partial charge in [-0.1, -0.05) is 56.7 Å². The number of nitrogens with one attached hydrogen (secondary N) is 1. The number of hydroxylamine groups is 1. The topological polar surface area (TPSA) is 47.6 Å². The van der Waals surface area contributed by atoms with Gasteiger partial charge in [0.1, 0.15) is 5.75 Å². The van der Waals surface area contributed by atoms with Gasteiger partial charge in [-0.3, -0.25) is 14.5 Å². The Hall–Kier alpha value is -1.30. The van der Waals surface area contributed by atoms with E-state index in [0.29, 0.717) is 6.61 Å². The molecule has 0 bridgehead atoms. The van der Waals surface area contributed by atoms with Crippen LogP contribution in [0, 0.1) is 5.92 Å². The number of rotatable bonds is 15. The SMILES string of the molecule is CCCC(NOCC=CCl)=C1CCC(CCCCCCS(=O)c2cccc(OC)c2)CC1. The zero-order chi connectivity index (χ0) is 23.0. The third-order valence-electron chi connectivity index (χ3n) is 6.10. The van der Waals surface area contributed by atoms with Crippen LogP contribution in [0.3, 0.4) is 0 Å². The normalized spacial score (nSPS) is 17.5. The molecule has 0 aromatic heterocycles. The summed E-state index contributed by atoms with van der Waals surface area (Å²) in [5, 5.41) is 0. The van der Waals surface area contributed by atoms with Gasteiger partial charge in [0.25, 0.3) is 0 Å². The number of methoxy groups -OCH3 is 1. The summed E-state index contributed by atoms with van der Waals surface area (Å²) in [7, 11) is 0.711. The van der Waals surface area contributed by atoms with E-state index < -0.39 is 10.8 Å². The predicted molar refractivity (Wildman–Crippen MR) is 135 cm³/mol. The second-order valence-corrected chi connectivity index (χ2v) is 10.3. The minimum Gasteiger partial charge on any atom is -0.497 e. The first-order valence-electron chi connectivity index (χ1n) is 12.0. The van der Waals surface area contributed by atoms with Crippen LogP contribution in [0.4, 0.5) is 0 Å². The molecule has 2 rings (SSSR count). The van der Waals surface area contributed by atoms with Crippen molar-refractivity contribution in [1.29, 1.82) is 0 Å². The largest absolute Gasteiger partial charge is 0.497 e. The maximum Gasteiger partial charge on any atom is 0.120 e. The lowest BCUT2D eigenvalue weighted by atomic mass is 9.82.